The topological polar surface area (TPSA) is 195 Å². The molecule has 3 aliphatic rings. The van der Waals surface area contributed by atoms with Crippen molar-refractivity contribution < 1.29 is 38.5 Å². The lowest BCUT2D eigenvalue weighted by Gasteiger charge is -2.63. The van der Waals surface area contributed by atoms with Gasteiger partial charge in [-0.1, -0.05) is 84.3 Å². The average Bonchev–Trinajstić information content (AvgIpc) is 4.13. The number of hydrogen-bond donors (Lipinski definition) is 4. The molecule has 0 spiro atoms. The summed E-state index contributed by atoms with van der Waals surface area (Å²) in [6.45, 7) is 18.9. The molecule has 4 N–H and O–H groups in total. The number of aromatic nitrogens is 1. The van der Waals surface area contributed by atoms with E-state index in [1.165, 1.54) is 4.90 Å². The van der Waals surface area contributed by atoms with E-state index in [2.05, 4.69) is 71.7 Å². The first-order chi connectivity index (χ1) is 34.7. The van der Waals surface area contributed by atoms with E-state index in [1.54, 1.807) is 53.8 Å². The third kappa shape index (κ3) is 13.4. The fourth-order valence-electron chi connectivity index (χ4n) is 10.8. The van der Waals surface area contributed by atoms with E-state index in [4.69, 9.17) is 25.8 Å². The molecule has 15 nitrogen and oxygen atoms in total. The smallest absolute Gasteiger partial charge is 0.251 e. The zero-order valence-electron chi connectivity index (χ0n) is 43.5. The molecule has 3 aromatic carbocycles. The predicted octanol–water partition coefficient (Wildman–Crippen LogP) is 8.27. The molecule has 2 aliphatic heterocycles. The standard InChI is InChI=1S/C56H72ClN7O8S/c1-35-47(73-34-59-35)37-16-14-36(15-17-37)44(32-63-24-10-11-25-63)60-50(68)45-28-40(65)31-64(45)51(69)48(54(2,3)4)61-46(66)33-70-26-12-9-13-27-71-41-21-18-38(19-22-41)49(67)62-52-55(5,6)53(56(52,7)8)72-42-23-20-39(30-58)43(57)29-42/h14-23,29,34,40,44-45,48,52-53,65H,9-13,24-28,31-33H2,1-8H3,(H,60,68)(H,61,66)(H,62,67)/t40-,44+,45+,48-,52-,53-/m1/s1. The zero-order chi connectivity index (χ0) is 52.7. The summed E-state index contributed by atoms with van der Waals surface area (Å²) in [6.07, 6.45) is 3.43. The van der Waals surface area contributed by atoms with Crippen molar-refractivity contribution in [3.63, 3.8) is 0 Å². The summed E-state index contributed by atoms with van der Waals surface area (Å²) in [5, 5.41) is 29.7. The summed E-state index contributed by atoms with van der Waals surface area (Å²) in [6, 6.07) is 20.0. The molecule has 4 aromatic rings. The molecule has 392 valence electrons. The average molecular weight is 1040 g/mol. The minimum atomic E-state index is -0.967. The molecule has 0 radical (unpaired) electrons. The zero-order valence-corrected chi connectivity index (χ0v) is 45.0. The molecule has 1 aliphatic carbocycles. The van der Waals surface area contributed by atoms with Crippen LogP contribution in [0.15, 0.2) is 72.2 Å². The van der Waals surface area contributed by atoms with Crippen molar-refractivity contribution in [3.8, 4) is 28.0 Å². The summed E-state index contributed by atoms with van der Waals surface area (Å²) in [4.78, 5) is 64.4. The maximum atomic E-state index is 14.3. The first-order valence-corrected chi connectivity index (χ1v) is 26.7. The SMILES string of the molecule is Cc1ncsc1-c1ccc([C@H](CN2CCCC2)NC(=O)[C@@H]2C[C@@H](O)CN2C(=O)[C@@H](NC(=O)COCCCCCOc2ccc(C(=O)N[C@H]3C(C)(C)[C@H](Oc4ccc(C#N)c(Cl)c4)C3(C)C)cc2)C(C)(C)C)cc1. The van der Waals surface area contributed by atoms with Crippen LogP contribution in [0, 0.1) is 34.5 Å². The van der Waals surface area contributed by atoms with Gasteiger partial charge in [-0.15, -0.1) is 11.3 Å². The number of thiazole rings is 1. The van der Waals surface area contributed by atoms with Gasteiger partial charge in [0.2, 0.25) is 17.7 Å². The number of nitrogens with zero attached hydrogens (tertiary/aromatic N) is 4. The van der Waals surface area contributed by atoms with Crippen LogP contribution in [-0.2, 0) is 19.1 Å². The second-order valence-corrected chi connectivity index (χ2v) is 23.3. The quantitative estimate of drug-likeness (QED) is 0.0587. The van der Waals surface area contributed by atoms with E-state index >= 15 is 0 Å². The number of nitrogens with one attached hydrogen (secondary N) is 3. The minimum Gasteiger partial charge on any atom is -0.494 e. The summed E-state index contributed by atoms with van der Waals surface area (Å²) < 4.78 is 18.0. The Hall–Kier alpha value is -5.57. The molecule has 3 heterocycles. The minimum absolute atomic E-state index is 0.0162. The second-order valence-electron chi connectivity index (χ2n) is 22.0. The van der Waals surface area contributed by atoms with E-state index in [0.717, 1.165) is 60.5 Å². The second kappa shape index (κ2) is 23.7. The fraction of sp³-hybridized carbons (Fsp3) is 0.536. The number of amides is 4. The Labute approximate surface area is 439 Å². The molecular formula is C56H72ClN7O8S. The molecule has 1 aromatic heterocycles. The molecule has 0 unspecified atom stereocenters. The van der Waals surface area contributed by atoms with Gasteiger partial charge < -0.3 is 45.1 Å². The van der Waals surface area contributed by atoms with Crippen LogP contribution in [0.5, 0.6) is 11.5 Å². The number of β-amino-alcohol motifs (C(OH)–C–C–N with tert-alkyl or cyclic N) is 1. The molecule has 17 heteroatoms. The first kappa shape index (κ1) is 55.2. The van der Waals surface area contributed by atoms with Crippen molar-refractivity contribution >= 4 is 46.6 Å². The number of carbonyl (C=O) groups is 4. The Morgan fingerprint density at radius 3 is 2.23 bits per heavy atom. The van der Waals surface area contributed by atoms with Gasteiger partial charge in [-0.25, -0.2) is 4.98 Å². The lowest BCUT2D eigenvalue weighted by Crippen LogP contribution is -2.74. The third-order valence-electron chi connectivity index (χ3n) is 14.5. The summed E-state index contributed by atoms with van der Waals surface area (Å²) >= 11 is 7.84. The van der Waals surface area contributed by atoms with Crippen LogP contribution in [0.3, 0.4) is 0 Å². The van der Waals surface area contributed by atoms with Crippen LogP contribution < -0.4 is 25.4 Å². The lowest BCUT2D eigenvalue weighted by molar-refractivity contribution is -0.164. The number of aliphatic hydroxyl groups excluding tert-OH is 1. The Balaban J connectivity index is 0.827. The molecule has 4 atom stereocenters. The van der Waals surface area contributed by atoms with Crippen LogP contribution >= 0.6 is 22.9 Å². The molecule has 0 bridgehead atoms. The van der Waals surface area contributed by atoms with Gasteiger partial charge in [0.1, 0.15) is 42.4 Å². The normalized spacial score (nSPS) is 21.1. The van der Waals surface area contributed by atoms with Gasteiger partial charge in [0, 0.05) is 54.6 Å². The van der Waals surface area contributed by atoms with Gasteiger partial charge >= 0.3 is 0 Å². The molecule has 4 amide bonds. The summed E-state index contributed by atoms with van der Waals surface area (Å²) in [5.41, 5.74) is 4.23. The molecule has 2 saturated heterocycles. The molecular weight excluding hydrogens is 966 g/mol. The number of rotatable bonds is 21. The van der Waals surface area contributed by atoms with E-state index < -0.39 is 46.2 Å². The number of carbonyl (C=O) groups excluding carboxylic acids is 4. The predicted molar refractivity (Wildman–Crippen MR) is 282 cm³/mol. The van der Waals surface area contributed by atoms with E-state index in [-0.39, 0.29) is 49.6 Å². The van der Waals surface area contributed by atoms with Crippen molar-refractivity contribution in [2.24, 2.45) is 16.2 Å². The lowest BCUT2D eigenvalue weighted by atomic mass is 9.49. The number of aryl methyl sites for hydroxylation is 1. The highest BCUT2D eigenvalue weighted by atomic mass is 35.5. The van der Waals surface area contributed by atoms with Crippen LogP contribution in [-0.4, -0.2) is 120 Å². The van der Waals surface area contributed by atoms with Crippen molar-refractivity contribution in [3.05, 3.63) is 99.6 Å². The number of unbranched alkanes of at least 4 members (excludes halogenated alkanes) is 2. The fourth-order valence-corrected chi connectivity index (χ4v) is 11.9. The highest BCUT2D eigenvalue weighted by Crippen LogP contribution is 2.55. The van der Waals surface area contributed by atoms with Gasteiger partial charge in [0.05, 0.1) is 45.4 Å². The number of hydrogen-bond acceptors (Lipinski definition) is 12. The van der Waals surface area contributed by atoms with Gasteiger partial charge in [0.25, 0.3) is 5.91 Å². The van der Waals surface area contributed by atoms with Crippen LogP contribution in [0.25, 0.3) is 10.4 Å². The Kier molecular flexibility index (Phi) is 18.0. The Morgan fingerprint density at radius 1 is 0.932 bits per heavy atom. The van der Waals surface area contributed by atoms with Crippen LogP contribution in [0.4, 0.5) is 0 Å². The van der Waals surface area contributed by atoms with Gasteiger partial charge in [-0.05, 0) is 105 Å². The number of halogens is 1. The van der Waals surface area contributed by atoms with E-state index in [9.17, 15) is 29.5 Å². The highest BCUT2D eigenvalue weighted by molar-refractivity contribution is 7.13. The number of likely N-dealkylation sites (tertiary alicyclic amines) is 2. The van der Waals surface area contributed by atoms with Gasteiger partial charge in [-0.2, -0.15) is 5.26 Å². The number of benzene rings is 3. The summed E-state index contributed by atoms with van der Waals surface area (Å²) in [7, 11) is 0. The molecule has 1 saturated carbocycles. The Bertz CT molecular complexity index is 2590. The Morgan fingerprint density at radius 2 is 1.60 bits per heavy atom. The van der Waals surface area contributed by atoms with Crippen molar-refractivity contribution in [2.45, 2.75) is 130 Å². The molecule has 3 fully saturated rings. The number of aliphatic hydroxyl groups is 1. The van der Waals surface area contributed by atoms with Gasteiger partial charge in [-0.3, -0.25) is 19.2 Å². The van der Waals surface area contributed by atoms with Crippen LogP contribution in [0.2, 0.25) is 5.02 Å². The van der Waals surface area contributed by atoms with E-state index in [0.29, 0.717) is 53.8 Å². The van der Waals surface area contributed by atoms with E-state index in [1.807, 2.05) is 45.3 Å². The van der Waals surface area contributed by atoms with Crippen molar-refractivity contribution in [1.29, 1.82) is 5.26 Å². The van der Waals surface area contributed by atoms with Gasteiger partial charge in [0.15, 0.2) is 0 Å². The van der Waals surface area contributed by atoms with Crippen molar-refractivity contribution in [2.75, 3.05) is 46.0 Å². The number of ether oxygens (including phenoxy) is 3. The molecule has 7 rings (SSSR count). The largest absolute Gasteiger partial charge is 0.494 e. The maximum absolute atomic E-state index is 14.3. The highest BCUT2D eigenvalue weighted by Gasteiger charge is 2.64. The first-order valence-electron chi connectivity index (χ1n) is 25.5. The molecule has 73 heavy (non-hydrogen) atoms. The summed E-state index contributed by atoms with van der Waals surface area (Å²) in [5.74, 6) is -0.177. The van der Waals surface area contributed by atoms with Crippen LogP contribution in [0.1, 0.15) is 120 Å². The maximum Gasteiger partial charge on any atom is 0.251 e. The number of nitriles is 1. The van der Waals surface area contributed by atoms with Crippen molar-refractivity contribution in [1.82, 2.24) is 30.7 Å². The monoisotopic (exact) mass is 1040 g/mol. The third-order valence-corrected chi connectivity index (χ3v) is 15.8.